The van der Waals surface area contributed by atoms with Crippen molar-refractivity contribution in [1.82, 2.24) is 5.01 Å². The first-order valence-electron chi connectivity index (χ1n) is 4.67. The van der Waals surface area contributed by atoms with E-state index in [0.717, 1.165) is 6.42 Å². The van der Waals surface area contributed by atoms with E-state index in [1.54, 1.807) is 21.0 Å². The van der Waals surface area contributed by atoms with Gasteiger partial charge in [-0.3, -0.25) is 4.79 Å². The highest BCUT2D eigenvalue weighted by Gasteiger charge is 2.21. The Hall–Kier alpha value is -0.900. The molecule has 0 aromatic heterocycles. The van der Waals surface area contributed by atoms with Gasteiger partial charge in [0.15, 0.2) is 0 Å². The summed E-state index contributed by atoms with van der Waals surface area (Å²) in [5, 5.41) is 1.99. The number of hydrogen-bond donors (Lipinski definition) is 1. The molecule has 0 rings (SSSR count). The van der Waals surface area contributed by atoms with Crippen LogP contribution in [0, 0.1) is 0 Å². The zero-order chi connectivity index (χ0) is 10.4. The van der Waals surface area contributed by atoms with Crippen molar-refractivity contribution in [3.63, 3.8) is 0 Å². The van der Waals surface area contributed by atoms with E-state index in [1.165, 1.54) is 5.01 Å². The van der Waals surface area contributed by atoms with Crippen LogP contribution < -0.4 is 5.01 Å². The second kappa shape index (κ2) is 5.70. The average molecular weight is 187 g/mol. The van der Waals surface area contributed by atoms with Crippen molar-refractivity contribution in [1.29, 1.82) is 0 Å². The van der Waals surface area contributed by atoms with Crippen LogP contribution in [0.2, 0.25) is 0 Å². The predicted molar refractivity (Wildman–Crippen MR) is 49.9 cm³/mol. The SMILES string of the molecule is CCCC(=O)[NH+](C)N(C)C(=O)CC. The van der Waals surface area contributed by atoms with Gasteiger partial charge in [0.2, 0.25) is 0 Å². The maximum Gasteiger partial charge on any atom is 0.336 e. The Kier molecular flexibility index (Phi) is 5.30. The summed E-state index contributed by atoms with van der Waals surface area (Å²) >= 11 is 0. The molecule has 0 heterocycles. The van der Waals surface area contributed by atoms with E-state index in [0.29, 0.717) is 17.9 Å². The molecule has 13 heavy (non-hydrogen) atoms. The molecule has 0 fully saturated rings. The molecular weight excluding hydrogens is 168 g/mol. The molecule has 4 nitrogen and oxygen atoms in total. The highest BCUT2D eigenvalue weighted by Crippen LogP contribution is 1.85. The molecule has 0 saturated heterocycles. The number of hydrogen-bond acceptors (Lipinski definition) is 2. The van der Waals surface area contributed by atoms with Crippen molar-refractivity contribution >= 4 is 11.8 Å². The van der Waals surface area contributed by atoms with E-state index in [-0.39, 0.29) is 11.8 Å². The second-order valence-electron chi connectivity index (χ2n) is 3.06. The molecule has 76 valence electrons. The zero-order valence-corrected chi connectivity index (χ0v) is 8.89. The fourth-order valence-corrected chi connectivity index (χ4v) is 1.02. The van der Waals surface area contributed by atoms with Crippen LogP contribution >= 0.6 is 0 Å². The van der Waals surface area contributed by atoms with Gasteiger partial charge >= 0.3 is 5.91 Å². The number of carbonyl (C=O) groups excluding carboxylic acids is 2. The summed E-state index contributed by atoms with van der Waals surface area (Å²) in [5.74, 6) is 0.0498. The van der Waals surface area contributed by atoms with Crippen LogP contribution in [0.4, 0.5) is 0 Å². The Balaban J connectivity index is 4.16. The molecule has 0 aromatic rings. The van der Waals surface area contributed by atoms with Gasteiger partial charge in [0.05, 0.1) is 20.5 Å². The zero-order valence-electron chi connectivity index (χ0n) is 8.89. The van der Waals surface area contributed by atoms with Gasteiger partial charge in [-0.15, -0.1) is 0 Å². The predicted octanol–water partition coefficient (Wildman–Crippen LogP) is -0.389. The van der Waals surface area contributed by atoms with E-state index in [2.05, 4.69) is 0 Å². The Bertz CT molecular complexity index is 192. The number of quaternary nitrogens is 1. The number of nitrogens with one attached hydrogen (secondary N) is 1. The van der Waals surface area contributed by atoms with Crippen LogP contribution in [0.15, 0.2) is 0 Å². The number of rotatable bonds is 3. The van der Waals surface area contributed by atoms with E-state index in [4.69, 9.17) is 0 Å². The number of nitrogens with zero attached hydrogens (tertiary/aromatic N) is 1. The number of amides is 2. The van der Waals surface area contributed by atoms with E-state index < -0.39 is 0 Å². The Morgan fingerprint density at radius 1 is 1.31 bits per heavy atom. The van der Waals surface area contributed by atoms with Gasteiger partial charge in [-0.05, 0) is 6.42 Å². The topological polar surface area (TPSA) is 41.8 Å². The molecule has 0 aliphatic rings. The lowest BCUT2D eigenvalue weighted by Crippen LogP contribution is -3.18. The van der Waals surface area contributed by atoms with Gasteiger partial charge < -0.3 is 0 Å². The first-order chi connectivity index (χ1) is 6.04. The lowest BCUT2D eigenvalue weighted by atomic mass is 10.3. The lowest BCUT2D eigenvalue weighted by Gasteiger charge is -2.21. The molecule has 0 aromatic carbocycles. The van der Waals surface area contributed by atoms with E-state index >= 15 is 0 Å². The maximum absolute atomic E-state index is 11.4. The van der Waals surface area contributed by atoms with Crippen molar-refractivity contribution in [3.8, 4) is 0 Å². The summed E-state index contributed by atoms with van der Waals surface area (Å²) in [4.78, 5) is 22.6. The highest BCUT2D eigenvalue weighted by atomic mass is 16.2. The van der Waals surface area contributed by atoms with Gasteiger partial charge in [0.1, 0.15) is 0 Å². The first kappa shape index (κ1) is 12.1. The van der Waals surface area contributed by atoms with E-state index in [1.807, 2.05) is 6.92 Å². The quantitative estimate of drug-likeness (QED) is 0.611. The van der Waals surface area contributed by atoms with Crippen molar-refractivity contribution in [2.24, 2.45) is 0 Å². The maximum atomic E-state index is 11.4. The van der Waals surface area contributed by atoms with Crippen molar-refractivity contribution in [3.05, 3.63) is 0 Å². The first-order valence-corrected chi connectivity index (χ1v) is 4.67. The monoisotopic (exact) mass is 187 g/mol. The van der Waals surface area contributed by atoms with Crippen LogP contribution in [-0.2, 0) is 9.59 Å². The normalized spacial score (nSPS) is 12.3. The fourth-order valence-electron chi connectivity index (χ4n) is 1.02. The Labute approximate surface area is 79.5 Å². The molecular formula is C9H19N2O2+. The van der Waals surface area contributed by atoms with Gasteiger partial charge in [-0.25, -0.2) is 4.79 Å². The highest BCUT2D eigenvalue weighted by molar-refractivity contribution is 5.76. The molecule has 4 heteroatoms. The van der Waals surface area contributed by atoms with Crippen molar-refractivity contribution in [2.75, 3.05) is 14.1 Å². The number of carbonyl (C=O) groups is 2. The van der Waals surface area contributed by atoms with Crippen molar-refractivity contribution < 1.29 is 14.6 Å². The molecule has 2 amide bonds. The van der Waals surface area contributed by atoms with Gasteiger partial charge in [-0.1, -0.05) is 13.8 Å². The molecule has 0 spiro atoms. The fraction of sp³-hybridized carbons (Fsp3) is 0.778. The molecule has 0 aliphatic heterocycles. The van der Waals surface area contributed by atoms with E-state index in [9.17, 15) is 9.59 Å². The molecule has 1 N–H and O–H groups in total. The summed E-state index contributed by atoms with van der Waals surface area (Å²) in [5.41, 5.74) is 0. The third-order valence-electron chi connectivity index (χ3n) is 2.06. The molecule has 0 saturated carbocycles. The molecule has 0 bridgehead atoms. The summed E-state index contributed by atoms with van der Waals surface area (Å²) in [7, 11) is 3.35. The Morgan fingerprint density at radius 2 is 1.85 bits per heavy atom. The summed E-state index contributed by atoms with van der Waals surface area (Å²) in [6.07, 6.45) is 1.78. The third-order valence-corrected chi connectivity index (χ3v) is 2.06. The lowest BCUT2D eigenvalue weighted by molar-refractivity contribution is -0.910. The minimum Gasteiger partial charge on any atom is -0.270 e. The smallest absolute Gasteiger partial charge is 0.270 e. The van der Waals surface area contributed by atoms with Gasteiger partial charge in [0, 0.05) is 6.42 Å². The van der Waals surface area contributed by atoms with Crippen LogP contribution in [-0.4, -0.2) is 30.9 Å². The minimum atomic E-state index is -0.0121. The van der Waals surface area contributed by atoms with Crippen LogP contribution in [0.25, 0.3) is 0 Å². The molecule has 0 radical (unpaired) electrons. The molecule has 1 unspecified atom stereocenters. The molecule has 0 aliphatic carbocycles. The third kappa shape index (κ3) is 3.55. The van der Waals surface area contributed by atoms with Gasteiger partial charge in [0.25, 0.3) is 5.91 Å². The van der Waals surface area contributed by atoms with Crippen LogP contribution in [0.5, 0.6) is 0 Å². The van der Waals surface area contributed by atoms with Crippen LogP contribution in [0.1, 0.15) is 33.1 Å². The Morgan fingerprint density at radius 3 is 2.23 bits per heavy atom. The van der Waals surface area contributed by atoms with Crippen molar-refractivity contribution in [2.45, 2.75) is 33.1 Å². The largest absolute Gasteiger partial charge is 0.336 e. The van der Waals surface area contributed by atoms with Gasteiger partial charge in [-0.2, -0.15) is 10.0 Å². The van der Waals surface area contributed by atoms with Crippen LogP contribution in [0.3, 0.4) is 0 Å². The average Bonchev–Trinajstić information content (AvgIpc) is 2.14. The summed E-state index contributed by atoms with van der Waals surface area (Å²) < 4.78 is 0. The minimum absolute atomic E-state index is 0.0121. The summed E-state index contributed by atoms with van der Waals surface area (Å²) in [6, 6.07) is 0. The summed E-state index contributed by atoms with van der Waals surface area (Å²) in [6.45, 7) is 3.74. The second-order valence-corrected chi connectivity index (χ2v) is 3.06. The molecule has 1 atom stereocenters. The standard InChI is InChI=1S/C9H18N2O2/c1-5-7-9(13)11(4)10(3)8(12)6-2/h5-7H2,1-4H3/p+1.